The van der Waals surface area contributed by atoms with Crippen LogP contribution in [0.15, 0.2) is 0 Å². The second-order valence-electron chi connectivity index (χ2n) is 6.09. The van der Waals surface area contributed by atoms with Gasteiger partial charge in [-0.3, -0.25) is 0 Å². The van der Waals surface area contributed by atoms with E-state index >= 15 is 0 Å². The van der Waals surface area contributed by atoms with Gasteiger partial charge in [-0.25, -0.2) is 0 Å². The minimum Gasteiger partial charge on any atom is -0.378 e. The summed E-state index contributed by atoms with van der Waals surface area (Å²) in [5.74, 6) is 0.686. The Morgan fingerprint density at radius 1 is 1.44 bits per heavy atom. The van der Waals surface area contributed by atoms with Crippen molar-refractivity contribution in [3.8, 4) is 0 Å². The third-order valence-corrected chi connectivity index (χ3v) is 3.68. The highest BCUT2D eigenvalue weighted by molar-refractivity contribution is 4.79. The first kappa shape index (κ1) is 13.9. The molecule has 0 bridgehead atoms. The monoisotopic (exact) mass is 228 g/mol. The van der Waals surface area contributed by atoms with Gasteiger partial charge >= 0.3 is 0 Å². The summed E-state index contributed by atoms with van der Waals surface area (Å²) in [5, 5.41) is 3.50. The Morgan fingerprint density at radius 2 is 2.12 bits per heavy atom. The largest absolute Gasteiger partial charge is 0.378 e. The number of ether oxygens (including phenoxy) is 1. The molecule has 0 radical (unpaired) electrons. The lowest BCUT2D eigenvalue weighted by atomic mass is 9.85. The number of hydrogen-bond donors (Lipinski definition) is 2. The van der Waals surface area contributed by atoms with Crippen LogP contribution < -0.4 is 11.1 Å². The van der Waals surface area contributed by atoms with Crippen molar-refractivity contribution in [1.29, 1.82) is 0 Å². The smallest absolute Gasteiger partial charge is 0.0588 e. The molecule has 0 aromatic rings. The maximum absolute atomic E-state index is 6.11. The zero-order valence-corrected chi connectivity index (χ0v) is 11.3. The van der Waals surface area contributed by atoms with E-state index in [1.165, 1.54) is 6.42 Å². The second kappa shape index (κ2) is 5.99. The molecule has 1 aliphatic heterocycles. The molecule has 0 aromatic heterocycles. The van der Waals surface area contributed by atoms with Crippen molar-refractivity contribution < 1.29 is 4.74 Å². The van der Waals surface area contributed by atoms with Gasteiger partial charge in [0.25, 0.3) is 0 Å². The lowest BCUT2D eigenvalue weighted by molar-refractivity contribution is 0.105. The molecular weight excluding hydrogens is 200 g/mol. The van der Waals surface area contributed by atoms with E-state index in [9.17, 15) is 0 Å². The summed E-state index contributed by atoms with van der Waals surface area (Å²) in [7, 11) is 0. The van der Waals surface area contributed by atoms with Gasteiger partial charge in [-0.05, 0) is 37.6 Å². The molecular formula is C13H28N2O. The maximum atomic E-state index is 6.11. The summed E-state index contributed by atoms with van der Waals surface area (Å²) in [5.41, 5.74) is 6.32. The third kappa shape index (κ3) is 4.40. The number of hydrogen-bond acceptors (Lipinski definition) is 3. The summed E-state index contributed by atoms with van der Waals surface area (Å²) in [6.45, 7) is 11.8. The Bertz CT molecular complexity index is 197. The quantitative estimate of drug-likeness (QED) is 0.705. The molecule has 0 spiro atoms. The molecule has 1 heterocycles. The molecule has 3 unspecified atom stereocenters. The predicted molar refractivity (Wildman–Crippen MR) is 68.4 cm³/mol. The Hall–Kier alpha value is -0.120. The van der Waals surface area contributed by atoms with E-state index in [1.807, 2.05) is 0 Å². The van der Waals surface area contributed by atoms with Crippen LogP contribution in [0, 0.1) is 11.3 Å². The van der Waals surface area contributed by atoms with E-state index in [1.54, 1.807) is 0 Å². The molecule has 1 fully saturated rings. The van der Waals surface area contributed by atoms with Gasteiger partial charge < -0.3 is 15.8 Å². The van der Waals surface area contributed by atoms with Crippen LogP contribution in [-0.2, 0) is 4.74 Å². The summed E-state index contributed by atoms with van der Waals surface area (Å²) in [4.78, 5) is 0. The average Bonchev–Trinajstić information content (AvgIpc) is 2.57. The molecule has 3 nitrogen and oxygen atoms in total. The number of nitrogens with one attached hydrogen (secondary N) is 1. The lowest BCUT2D eigenvalue weighted by Gasteiger charge is -2.27. The van der Waals surface area contributed by atoms with Crippen molar-refractivity contribution in [2.45, 2.75) is 52.7 Å². The van der Waals surface area contributed by atoms with Gasteiger partial charge in [-0.15, -0.1) is 0 Å². The van der Waals surface area contributed by atoms with E-state index < -0.39 is 0 Å². The van der Waals surface area contributed by atoms with Crippen LogP contribution >= 0.6 is 0 Å². The van der Waals surface area contributed by atoms with Crippen LogP contribution in [0.3, 0.4) is 0 Å². The number of nitrogens with two attached hydrogens (primary N) is 1. The van der Waals surface area contributed by atoms with Crippen LogP contribution in [0.4, 0.5) is 0 Å². The summed E-state index contributed by atoms with van der Waals surface area (Å²) >= 11 is 0. The topological polar surface area (TPSA) is 47.3 Å². The molecule has 3 atom stereocenters. The standard InChI is InChI=1S/C13H28N2O/c1-10-11(6-8-16-10)9-15-7-5-12(14)13(2,3)4/h10-12,15H,5-9,14H2,1-4H3. The third-order valence-electron chi connectivity index (χ3n) is 3.68. The molecule has 0 amide bonds. The lowest BCUT2D eigenvalue weighted by Crippen LogP contribution is -2.38. The van der Waals surface area contributed by atoms with E-state index in [0.29, 0.717) is 12.0 Å². The van der Waals surface area contributed by atoms with Gasteiger partial charge in [-0.2, -0.15) is 0 Å². The maximum Gasteiger partial charge on any atom is 0.0588 e. The van der Waals surface area contributed by atoms with Crippen molar-refractivity contribution >= 4 is 0 Å². The Labute approximate surface area is 100 Å². The normalized spacial score (nSPS) is 28.3. The Balaban J connectivity index is 2.08. The zero-order valence-electron chi connectivity index (χ0n) is 11.3. The van der Waals surface area contributed by atoms with Crippen LogP contribution in [0.25, 0.3) is 0 Å². The average molecular weight is 228 g/mol. The molecule has 3 N–H and O–H groups in total. The van der Waals surface area contributed by atoms with Gasteiger partial charge in [0.2, 0.25) is 0 Å². The molecule has 0 aromatic carbocycles. The van der Waals surface area contributed by atoms with Crippen molar-refractivity contribution in [3.05, 3.63) is 0 Å². The van der Waals surface area contributed by atoms with Crippen LogP contribution in [0.5, 0.6) is 0 Å². The minimum absolute atomic E-state index is 0.214. The van der Waals surface area contributed by atoms with Crippen LogP contribution in [-0.4, -0.2) is 31.8 Å². The number of rotatable bonds is 5. The fraction of sp³-hybridized carbons (Fsp3) is 1.00. The molecule has 1 rings (SSSR count). The second-order valence-corrected chi connectivity index (χ2v) is 6.09. The van der Waals surface area contributed by atoms with Gasteiger partial charge in [0.05, 0.1) is 6.10 Å². The van der Waals surface area contributed by atoms with Crippen molar-refractivity contribution in [2.75, 3.05) is 19.7 Å². The first-order valence-corrected chi connectivity index (χ1v) is 6.49. The summed E-state index contributed by atoms with van der Waals surface area (Å²) in [6.07, 6.45) is 2.66. The van der Waals surface area contributed by atoms with Gasteiger partial charge in [0, 0.05) is 19.2 Å². The van der Waals surface area contributed by atoms with E-state index in [2.05, 4.69) is 33.0 Å². The predicted octanol–water partition coefficient (Wildman–Crippen LogP) is 1.76. The van der Waals surface area contributed by atoms with Gasteiger partial charge in [0.1, 0.15) is 0 Å². The van der Waals surface area contributed by atoms with Gasteiger partial charge in [0.15, 0.2) is 0 Å². The highest BCUT2D eigenvalue weighted by Crippen LogP contribution is 2.20. The van der Waals surface area contributed by atoms with Crippen LogP contribution in [0.1, 0.15) is 40.5 Å². The van der Waals surface area contributed by atoms with Crippen molar-refractivity contribution in [3.63, 3.8) is 0 Å². The molecule has 3 heteroatoms. The van der Waals surface area contributed by atoms with Gasteiger partial charge in [-0.1, -0.05) is 20.8 Å². The fourth-order valence-corrected chi connectivity index (χ4v) is 2.02. The highest BCUT2D eigenvalue weighted by atomic mass is 16.5. The first-order valence-electron chi connectivity index (χ1n) is 6.49. The molecule has 1 aliphatic rings. The zero-order chi connectivity index (χ0) is 12.2. The SMILES string of the molecule is CC1OCCC1CNCCC(N)C(C)(C)C. The van der Waals surface area contributed by atoms with Crippen molar-refractivity contribution in [2.24, 2.45) is 17.1 Å². The van der Waals surface area contributed by atoms with E-state index in [-0.39, 0.29) is 11.5 Å². The highest BCUT2D eigenvalue weighted by Gasteiger charge is 2.24. The van der Waals surface area contributed by atoms with E-state index in [0.717, 1.165) is 26.1 Å². The van der Waals surface area contributed by atoms with Crippen LogP contribution in [0.2, 0.25) is 0 Å². The molecule has 96 valence electrons. The summed E-state index contributed by atoms with van der Waals surface area (Å²) < 4.78 is 5.53. The van der Waals surface area contributed by atoms with E-state index in [4.69, 9.17) is 10.5 Å². The molecule has 0 aliphatic carbocycles. The Kier molecular flexibility index (Phi) is 5.22. The van der Waals surface area contributed by atoms with Crippen molar-refractivity contribution in [1.82, 2.24) is 5.32 Å². The first-order chi connectivity index (χ1) is 7.41. The fourth-order valence-electron chi connectivity index (χ4n) is 2.02. The molecule has 16 heavy (non-hydrogen) atoms. The minimum atomic E-state index is 0.214. The summed E-state index contributed by atoms with van der Waals surface area (Å²) in [6, 6.07) is 0.275. The Morgan fingerprint density at radius 3 is 2.62 bits per heavy atom. The molecule has 0 saturated carbocycles. The molecule has 1 saturated heterocycles.